The largest absolute Gasteiger partial charge is 0.384 e. The summed E-state index contributed by atoms with van der Waals surface area (Å²) in [6.45, 7) is 0. The van der Waals surface area contributed by atoms with E-state index in [-0.39, 0.29) is 11.7 Å². The number of hydrogen-bond donors (Lipinski definition) is 2. The van der Waals surface area contributed by atoms with Crippen LogP contribution in [0.2, 0.25) is 5.02 Å². The van der Waals surface area contributed by atoms with E-state index >= 15 is 0 Å². The third kappa shape index (κ3) is 4.77. The first-order valence-electron chi connectivity index (χ1n) is 5.98. The number of carbonyl (C=O) groups is 2. The highest BCUT2D eigenvalue weighted by atomic mass is 35.5. The Morgan fingerprint density at radius 1 is 1.19 bits per heavy atom. The van der Waals surface area contributed by atoms with Crippen molar-refractivity contribution in [3.05, 3.63) is 53.2 Å². The Labute approximate surface area is 130 Å². The van der Waals surface area contributed by atoms with Gasteiger partial charge in [0.25, 0.3) is 5.91 Å². The molecule has 0 bridgehead atoms. The number of amides is 2. The van der Waals surface area contributed by atoms with Crippen molar-refractivity contribution in [2.24, 2.45) is 0 Å². The minimum absolute atomic E-state index is 0.116. The van der Waals surface area contributed by atoms with E-state index in [4.69, 9.17) is 17.3 Å². The molecule has 1 heterocycles. The maximum atomic E-state index is 11.8. The van der Waals surface area contributed by atoms with Gasteiger partial charge in [-0.25, -0.2) is 4.98 Å². The molecule has 2 aromatic rings. The second kappa shape index (κ2) is 7.10. The summed E-state index contributed by atoms with van der Waals surface area (Å²) in [4.78, 5) is 28.2. The van der Waals surface area contributed by atoms with Crippen LogP contribution in [0, 0.1) is 0 Å². The van der Waals surface area contributed by atoms with E-state index in [1.165, 1.54) is 11.8 Å². The Morgan fingerprint density at radius 2 is 1.90 bits per heavy atom. The van der Waals surface area contributed by atoms with Crippen LogP contribution in [-0.2, 0) is 4.79 Å². The van der Waals surface area contributed by atoms with Gasteiger partial charge in [0.1, 0.15) is 5.82 Å². The average molecular weight is 322 g/mol. The summed E-state index contributed by atoms with van der Waals surface area (Å²) in [5, 5.41) is 2.84. The number of carbonyl (C=O) groups excluding carboxylic acids is 2. The number of nitrogens with zero attached hydrogens (tertiary/aromatic N) is 1. The minimum atomic E-state index is -0.451. The molecule has 0 aliphatic heterocycles. The number of anilines is 1. The number of hydrogen-bond acceptors (Lipinski definition) is 5. The fourth-order valence-electron chi connectivity index (χ4n) is 1.46. The molecule has 0 unspecified atom stereocenters. The molecule has 0 spiro atoms. The number of imide groups is 1. The molecule has 0 atom stereocenters. The van der Waals surface area contributed by atoms with Gasteiger partial charge in [0.2, 0.25) is 5.91 Å². The van der Waals surface area contributed by atoms with Gasteiger partial charge >= 0.3 is 0 Å². The first kappa shape index (κ1) is 15.3. The highest BCUT2D eigenvalue weighted by Crippen LogP contribution is 2.17. The van der Waals surface area contributed by atoms with E-state index in [0.29, 0.717) is 16.4 Å². The number of pyridine rings is 1. The van der Waals surface area contributed by atoms with Crippen LogP contribution in [0.3, 0.4) is 0 Å². The Hall–Kier alpha value is -2.05. The quantitative estimate of drug-likeness (QED) is 0.844. The predicted molar refractivity (Wildman–Crippen MR) is 83.3 cm³/mol. The van der Waals surface area contributed by atoms with Crippen molar-refractivity contribution in [2.75, 3.05) is 11.5 Å². The number of aromatic nitrogens is 1. The summed E-state index contributed by atoms with van der Waals surface area (Å²) in [5.74, 6) is -0.295. The average Bonchev–Trinajstić information content (AvgIpc) is 2.47. The van der Waals surface area contributed by atoms with Crippen molar-refractivity contribution in [2.45, 2.75) is 4.90 Å². The van der Waals surface area contributed by atoms with E-state index in [1.54, 1.807) is 42.6 Å². The molecule has 7 heteroatoms. The molecule has 108 valence electrons. The predicted octanol–water partition coefficient (Wildman–Crippen LogP) is 2.37. The summed E-state index contributed by atoms with van der Waals surface area (Å²) < 4.78 is 0. The lowest BCUT2D eigenvalue weighted by molar-refractivity contribution is -0.117. The number of rotatable bonds is 4. The summed E-state index contributed by atoms with van der Waals surface area (Å²) in [6, 6.07) is 9.72. The van der Waals surface area contributed by atoms with Crippen LogP contribution < -0.4 is 11.1 Å². The molecule has 2 amide bonds. The number of nitrogens with one attached hydrogen (secondary N) is 1. The molecule has 5 nitrogen and oxygen atoms in total. The van der Waals surface area contributed by atoms with E-state index in [0.717, 1.165) is 4.90 Å². The first-order chi connectivity index (χ1) is 10.0. The molecular weight excluding hydrogens is 310 g/mol. The Balaban J connectivity index is 1.85. The Kier molecular flexibility index (Phi) is 5.19. The number of nitrogen functional groups attached to an aromatic ring is 1. The minimum Gasteiger partial charge on any atom is -0.384 e. The van der Waals surface area contributed by atoms with Gasteiger partial charge < -0.3 is 5.73 Å². The van der Waals surface area contributed by atoms with Gasteiger partial charge in [-0.1, -0.05) is 11.6 Å². The zero-order valence-corrected chi connectivity index (χ0v) is 12.4. The van der Waals surface area contributed by atoms with E-state index in [9.17, 15) is 9.59 Å². The van der Waals surface area contributed by atoms with Crippen LogP contribution in [0.25, 0.3) is 0 Å². The van der Waals surface area contributed by atoms with Gasteiger partial charge in [-0.3, -0.25) is 14.9 Å². The number of halogens is 1. The third-order valence-electron chi connectivity index (χ3n) is 2.49. The summed E-state index contributed by atoms with van der Waals surface area (Å²) in [6.07, 6.45) is 1.58. The molecule has 3 N–H and O–H groups in total. The normalized spacial score (nSPS) is 10.1. The maximum Gasteiger partial charge on any atom is 0.257 e. The molecule has 1 aromatic heterocycles. The molecule has 0 saturated heterocycles. The topological polar surface area (TPSA) is 85.1 Å². The molecule has 0 aliphatic carbocycles. The van der Waals surface area contributed by atoms with Gasteiger partial charge in [0.15, 0.2) is 0 Å². The molecular formula is C14H12ClN3O2S. The summed E-state index contributed by atoms with van der Waals surface area (Å²) in [7, 11) is 0. The fraction of sp³-hybridized carbons (Fsp3) is 0.0714. The van der Waals surface area contributed by atoms with Crippen LogP contribution in [-0.4, -0.2) is 22.6 Å². The molecule has 1 aromatic carbocycles. The van der Waals surface area contributed by atoms with Crippen LogP contribution in [0.15, 0.2) is 47.5 Å². The fourth-order valence-corrected chi connectivity index (χ4v) is 2.25. The van der Waals surface area contributed by atoms with Crippen LogP contribution in [0.5, 0.6) is 0 Å². The van der Waals surface area contributed by atoms with Gasteiger partial charge in [-0.2, -0.15) is 0 Å². The van der Waals surface area contributed by atoms with E-state index in [2.05, 4.69) is 10.3 Å². The highest BCUT2D eigenvalue weighted by Gasteiger charge is 2.10. The third-order valence-corrected chi connectivity index (χ3v) is 3.72. The monoisotopic (exact) mass is 321 g/mol. The molecule has 0 radical (unpaired) electrons. The maximum absolute atomic E-state index is 11.8. The smallest absolute Gasteiger partial charge is 0.257 e. The van der Waals surface area contributed by atoms with Gasteiger partial charge in [0.05, 0.1) is 5.75 Å². The van der Waals surface area contributed by atoms with Crippen LogP contribution in [0.4, 0.5) is 5.82 Å². The lowest BCUT2D eigenvalue weighted by Crippen LogP contribution is -2.31. The van der Waals surface area contributed by atoms with Crippen molar-refractivity contribution >= 4 is 41.0 Å². The molecule has 0 saturated carbocycles. The number of benzene rings is 1. The molecule has 2 rings (SSSR count). The van der Waals surface area contributed by atoms with Crippen LogP contribution in [0.1, 0.15) is 10.4 Å². The van der Waals surface area contributed by atoms with Crippen molar-refractivity contribution in [1.82, 2.24) is 10.3 Å². The molecule has 21 heavy (non-hydrogen) atoms. The Morgan fingerprint density at radius 3 is 2.52 bits per heavy atom. The van der Waals surface area contributed by atoms with Crippen LogP contribution >= 0.6 is 23.4 Å². The van der Waals surface area contributed by atoms with Crippen molar-refractivity contribution in [3.8, 4) is 0 Å². The highest BCUT2D eigenvalue weighted by molar-refractivity contribution is 8.00. The zero-order chi connectivity index (χ0) is 15.2. The van der Waals surface area contributed by atoms with Gasteiger partial charge in [-0.05, 0) is 36.4 Å². The molecule has 0 fully saturated rings. The van der Waals surface area contributed by atoms with Crippen molar-refractivity contribution < 1.29 is 9.59 Å². The lowest BCUT2D eigenvalue weighted by atomic mass is 10.2. The standard InChI is InChI=1S/C14H12ClN3O2S/c15-10-3-1-9(2-4-10)14(20)18-13(19)8-21-11-5-6-12(16)17-7-11/h1-7H,8H2,(H2,16,17)(H,18,19,20). The van der Waals surface area contributed by atoms with E-state index in [1.807, 2.05) is 0 Å². The second-order valence-corrected chi connectivity index (χ2v) is 5.58. The summed E-state index contributed by atoms with van der Waals surface area (Å²) in [5.41, 5.74) is 5.85. The zero-order valence-electron chi connectivity index (χ0n) is 10.9. The van der Waals surface area contributed by atoms with Gasteiger partial charge in [-0.15, -0.1) is 11.8 Å². The summed E-state index contributed by atoms with van der Waals surface area (Å²) >= 11 is 7.01. The lowest BCUT2D eigenvalue weighted by Gasteiger charge is -2.04. The number of thioether (sulfide) groups is 1. The van der Waals surface area contributed by atoms with Crippen molar-refractivity contribution in [3.63, 3.8) is 0 Å². The van der Waals surface area contributed by atoms with E-state index < -0.39 is 5.91 Å². The SMILES string of the molecule is Nc1ccc(SCC(=O)NC(=O)c2ccc(Cl)cc2)cn1. The molecule has 0 aliphatic rings. The first-order valence-corrected chi connectivity index (χ1v) is 7.35. The Bertz CT molecular complexity index is 644. The second-order valence-electron chi connectivity index (χ2n) is 4.09. The van der Waals surface area contributed by atoms with Crippen molar-refractivity contribution in [1.29, 1.82) is 0 Å². The van der Waals surface area contributed by atoms with Gasteiger partial charge in [0, 0.05) is 21.7 Å². The number of nitrogens with two attached hydrogens (primary N) is 1.